The van der Waals surface area contributed by atoms with Crippen LogP contribution in [0.2, 0.25) is 0 Å². The molecule has 0 radical (unpaired) electrons. The van der Waals surface area contributed by atoms with Crippen molar-refractivity contribution in [3.8, 4) is 0 Å². The third kappa shape index (κ3) is 3.17. The minimum Gasteiger partial charge on any atom is -0.326 e. The van der Waals surface area contributed by atoms with E-state index in [4.69, 9.17) is 0 Å². The van der Waals surface area contributed by atoms with Crippen molar-refractivity contribution in [1.29, 1.82) is 0 Å². The molecule has 1 aromatic rings. The fraction of sp³-hybridized carbons (Fsp3) is 0.562. The average Bonchev–Trinajstić information content (AvgIpc) is 3.35. The van der Waals surface area contributed by atoms with Crippen molar-refractivity contribution in [2.24, 2.45) is 5.92 Å². The van der Waals surface area contributed by atoms with E-state index in [0.29, 0.717) is 23.7 Å². The van der Waals surface area contributed by atoms with E-state index < -0.39 is 10.0 Å². The number of rotatable bonds is 4. The van der Waals surface area contributed by atoms with Crippen molar-refractivity contribution in [3.05, 3.63) is 23.8 Å². The molecule has 1 heterocycles. The summed E-state index contributed by atoms with van der Waals surface area (Å²) in [5.41, 5.74) is 1.29. The first kappa shape index (κ1) is 15.5. The normalized spacial score (nSPS) is 19.9. The maximum atomic E-state index is 12.8. The molecule has 1 aromatic carbocycles. The maximum absolute atomic E-state index is 12.8. The average molecular weight is 322 g/mol. The van der Waals surface area contributed by atoms with E-state index in [1.807, 2.05) is 0 Å². The Bertz CT molecular complexity index is 675. The first-order valence-electron chi connectivity index (χ1n) is 7.90. The van der Waals surface area contributed by atoms with Gasteiger partial charge in [-0.3, -0.25) is 4.79 Å². The summed E-state index contributed by atoms with van der Waals surface area (Å²) < 4.78 is 27.2. The summed E-state index contributed by atoms with van der Waals surface area (Å²) in [7, 11) is -3.47. The molecular formula is C16H22N2O3S. The van der Waals surface area contributed by atoms with Crippen molar-refractivity contribution in [1.82, 2.24) is 4.31 Å². The minimum atomic E-state index is -3.47. The maximum Gasteiger partial charge on any atom is 0.243 e. The lowest BCUT2D eigenvalue weighted by Crippen LogP contribution is -2.36. The molecule has 0 atom stereocenters. The van der Waals surface area contributed by atoms with Gasteiger partial charge in [0.25, 0.3) is 0 Å². The number of piperidine rings is 1. The summed E-state index contributed by atoms with van der Waals surface area (Å²) in [6, 6.07) is 5.13. The number of amides is 1. The molecule has 6 heteroatoms. The van der Waals surface area contributed by atoms with Gasteiger partial charge in [0, 0.05) is 24.7 Å². The molecule has 1 N–H and O–H groups in total. The van der Waals surface area contributed by atoms with Crippen molar-refractivity contribution in [2.45, 2.75) is 43.9 Å². The van der Waals surface area contributed by atoms with Crippen molar-refractivity contribution in [3.63, 3.8) is 0 Å². The van der Waals surface area contributed by atoms with Crippen molar-refractivity contribution >= 4 is 21.6 Å². The molecule has 0 spiro atoms. The molecule has 2 aliphatic rings. The van der Waals surface area contributed by atoms with E-state index >= 15 is 0 Å². The standard InChI is InChI=1S/C16H22N2O3S/c1-12-5-8-14(17-16(19)13-6-7-13)11-15(12)22(20,21)18-9-3-2-4-10-18/h5,8,11,13H,2-4,6-7,9-10H2,1H3,(H,17,19). The SMILES string of the molecule is Cc1ccc(NC(=O)C2CC2)cc1S(=O)(=O)N1CCCCC1. The number of anilines is 1. The number of benzene rings is 1. The molecule has 1 aliphatic carbocycles. The number of nitrogens with zero attached hydrogens (tertiary/aromatic N) is 1. The zero-order valence-corrected chi connectivity index (χ0v) is 13.7. The third-order valence-corrected chi connectivity index (χ3v) is 6.38. The lowest BCUT2D eigenvalue weighted by molar-refractivity contribution is -0.117. The quantitative estimate of drug-likeness (QED) is 0.926. The van der Waals surface area contributed by atoms with Crippen LogP contribution in [0.25, 0.3) is 0 Å². The monoisotopic (exact) mass is 322 g/mol. The van der Waals surface area contributed by atoms with Gasteiger partial charge in [-0.15, -0.1) is 0 Å². The number of hydrogen-bond donors (Lipinski definition) is 1. The fourth-order valence-electron chi connectivity index (χ4n) is 2.79. The Labute approximate surface area is 131 Å². The molecule has 1 saturated carbocycles. The molecule has 120 valence electrons. The van der Waals surface area contributed by atoms with Gasteiger partial charge in [0.1, 0.15) is 0 Å². The minimum absolute atomic E-state index is 0.00910. The molecule has 5 nitrogen and oxygen atoms in total. The smallest absolute Gasteiger partial charge is 0.243 e. The second-order valence-electron chi connectivity index (χ2n) is 6.21. The predicted molar refractivity (Wildman–Crippen MR) is 85.1 cm³/mol. The predicted octanol–water partition coefficient (Wildman–Crippen LogP) is 2.52. The second-order valence-corrected chi connectivity index (χ2v) is 8.11. The zero-order valence-electron chi connectivity index (χ0n) is 12.8. The third-order valence-electron chi connectivity index (χ3n) is 4.34. The number of nitrogens with one attached hydrogen (secondary N) is 1. The molecule has 1 amide bonds. The van der Waals surface area contributed by atoms with Gasteiger partial charge in [0.2, 0.25) is 15.9 Å². The molecule has 0 unspecified atom stereocenters. The van der Waals surface area contributed by atoms with E-state index in [-0.39, 0.29) is 11.8 Å². The second kappa shape index (κ2) is 6.01. The van der Waals surface area contributed by atoms with Crippen LogP contribution in [0.3, 0.4) is 0 Å². The topological polar surface area (TPSA) is 66.5 Å². The molecule has 1 aliphatic heterocycles. The highest BCUT2D eigenvalue weighted by atomic mass is 32.2. The van der Waals surface area contributed by atoms with Crippen LogP contribution in [-0.4, -0.2) is 31.7 Å². The van der Waals surface area contributed by atoms with E-state index in [1.165, 1.54) is 0 Å². The lowest BCUT2D eigenvalue weighted by Gasteiger charge is -2.26. The molecule has 3 rings (SSSR count). The van der Waals surface area contributed by atoms with Crippen LogP contribution in [0.1, 0.15) is 37.7 Å². The Morgan fingerprint density at radius 3 is 2.50 bits per heavy atom. The highest BCUT2D eigenvalue weighted by Crippen LogP contribution is 2.31. The van der Waals surface area contributed by atoms with Gasteiger partial charge in [0.05, 0.1) is 4.90 Å². The number of carbonyl (C=O) groups is 1. The van der Waals surface area contributed by atoms with Crippen LogP contribution >= 0.6 is 0 Å². The molecule has 0 bridgehead atoms. The van der Waals surface area contributed by atoms with Crippen molar-refractivity contribution in [2.75, 3.05) is 18.4 Å². The van der Waals surface area contributed by atoms with E-state index in [2.05, 4.69) is 5.32 Å². The Morgan fingerprint density at radius 1 is 1.18 bits per heavy atom. The summed E-state index contributed by atoms with van der Waals surface area (Å²) >= 11 is 0. The van der Waals surface area contributed by atoms with Crippen LogP contribution < -0.4 is 5.32 Å². The van der Waals surface area contributed by atoms with E-state index in [0.717, 1.165) is 37.7 Å². The molecule has 0 aromatic heterocycles. The first-order chi connectivity index (χ1) is 10.5. The van der Waals surface area contributed by atoms with Gasteiger partial charge in [-0.05, 0) is 50.3 Å². The Balaban J connectivity index is 1.86. The molecule has 2 fully saturated rings. The fourth-order valence-corrected chi connectivity index (χ4v) is 4.56. The number of aryl methyl sites for hydroxylation is 1. The number of sulfonamides is 1. The van der Waals surface area contributed by atoms with Gasteiger partial charge in [-0.1, -0.05) is 12.5 Å². The zero-order chi connectivity index (χ0) is 15.7. The Hall–Kier alpha value is -1.40. The summed E-state index contributed by atoms with van der Waals surface area (Å²) in [5.74, 6) is 0.0913. The highest BCUT2D eigenvalue weighted by molar-refractivity contribution is 7.89. The van der Waals surface area contributed by atoms with Gasteiger partial charge in [-0.2, -0.15) is 4.31 Å². The van der Waals surface area contributed by atoms with Crippen LogP contribution in [0.15, 0.2) is 23.1 Å². The van der Waals surface area contributed by atoms with E-state index in [1.54, 1.807) is 29.4 Å². The summed E-state index contributed by atoms with van der Waals surface area (Å²) in [6.45, 7) is 2.96. The van der Waals surface area contributed by atoms with Crippen LogP contribution in [0.4, 0.5) is 5.69 Å². The lowest BCUT2D eigenvalue weighted by atomic mass is 10.2. The molecular weight excluding hydrogens is 300 g/mol. The molecule has 1 saturated heterocycles. The van der Waals surface area contributed by atoms with Gasteiger partial charge in [0.15, 0.2) is 0 Å². The van der Waals surface area contributed by atoms with Gasteiger partial charge >= 0.3 is 0 Å². The Morgan fingerprint density at radius 2 is 1.86 bits per heavy atom. The summed E-state index contributed by atoms with van der Waals surface area (Å²) in [4.78, 5) is 12.2. The highest BCUT2D eigenvalue weighted by Gasteiger charge is 2.31. The largest absolute Gasteiger partial charge is 0.326 e. The number of carbonyl (C=O) groups excluding carboxylic acids is 1. The van der Waals surface area contributed by atoms with Crippen LogP contribution in [-0.2, 0) is 14.8 Å². The van der Waals surface area contributed by atoms with Gasteiger partial charge in [-0.25, -0.2) is 8.42 Å². The number of hydrogen-bond acceptors (Lipinski definition) is 3. The van der Waals surface area contributed by atoms with Crippen molar-refractivity contribution < 1.29 is 13.2 Å². The van der Waals surface area contributed by atoms with E-state index in [9.17, 15) is 13.2 Å². The first-order valence-corrected chi connectivity index (χ1v) is 9.34. The summed E-state index contributed by atoms with van der Waals surface area (Å²) in [5, 5.41) is 2.82. The Kier molecular flexibility index (Phi) is 4.23. The van der Waals surface area contributed by atoms with Crippen LogP contribution in [0.5, 0.6) is 0 Å². The summed E-state index contributed by atoms with van der Waals surface area (Å²) in [6.07, 6.45) is 4.77. The molecule has 22 heavy (non-hydrogen) atoms. The van der Waals surface area contributed by atoms with Crippen LogP contribution in [0, 0.1) is 12.8 Å². The van der Waals surface area contributed by atoms with Gasteiger partial charge < -0.3 is 5.32 Å².